The third kappa shape index (κ3) is 3.74. The van der Waals surface area contributed by atoms with Crippen LogP contribution in [0.5, 0.6) is 5.75 Å². The van der Waals surface area contributed by atoms with Crippen LogP contribution >= 0.6 is 0 Å². The molecule has 124 valence electrons. The van der Waals surface area contributed by atoms with Crippen molar-refractivity contribution in [2.45, 2.75) is 25.0 Å². The summed E-state index contributed by atoms with van der Waals surface area (Å²) >= 11 is 0. The average molecular weight is 326 g/mol. The van der Waals surface area contributed by atoms with Crippen LogP contribution in [0.25, 0.3) is 0 Å². The molecular formula is C19H18O5. The van der Waals surface area contributed by atoms with E-state index >= 15 is 0 Å². The Morgan fingerprint density at radius 1 is 1.12 bits per heavy atom. The van der Waals surface area contributed by atoms with E-state index in [-0.39, 0.29) is 6.10 Å². The molecular weight excluding hydrogens is 308 g/mol. The normalized spacial score (nSPS) is 19.6. The molecule has 0 unspecified atom stereocenters. The maximum absolute atomic E-state index is 12.1. The number of carbonyl (C=O) groups is 2. The summed E-state index contributed by atoms with van der Waals surface area (Å²) in [4.78, 5) is 24.1. The molecule has 24 heavy (non-hydrogen) atoms. The van der Waals surface area contributed by atoms with E-state index in [4.69, 9.17) is 14.2 Å². The first-order valence-corrected chi connectivity index (χ1v) is 7.75. The van der Waals surface area contributed by atoms with Crippen LogP contribution in [0.1, 0.15) is 22.3 Å². The highest BCUT2D eigenvalue weighted by molar-refractivity contribution is 5.91. The standard InChI is InChI=1S/C19H18O5/c1-22-15-9-7-14(8-10-15)18(20)24-17-12-16(23-19(17)21)11-13-5-3-2-4-6-13/h2-10,16-17H,11-12H2,1H3/t16-,17-/m1/s1. The fourth-order valence-electron chi connectivity index (χ4n) is 2.65. The summed E-state index contributed by atoms with van der Waals surface area (Å²) in [6.45, 7) is 0. The Labute approximate surface area is 140 Å². The number of benzene rings is 2. The van der Waals surface area contributed by atoms with Crippen LogP contribution in [0.4, 0.5) is 0 Å². The molecule has 1 fully saturated rings. The van der Waals surface area contributed by atoms with E-state index in [0.29, 0.717) is 24.2 Å². The van der Waals surface area contributed by atoms with E-state index in [2.05, 4.69) is 0 Å². The molecule has 5 heteroatoms. The molecule has 1 heterocycles. The van der Waals surface area contributed by atoms with Crippen molar-refractivity contribution < 1.29 is 23.8 Å². The van der Waals surface area contributed by atoms with Crippen LogP contribution in [0.2, 0.25) is 0 Å². The van der Waals surface area contributed by atoms with Gasteiger partial charge in [0, 0.05) is 12.8 Å². The first-order chi connectivity index (χ1) is 11.7. The summed E-state index contributed by atoms with van der Waals surface area (Å²) < 4.78 is 15.7. The Morgan fingerprint density at radius 3 is 2.50 bits per heavy atom. The number of esters is 2. The Kier molecular flexibility index (Phi) is 4.79. The fraction of sp³-hybridized carbons (Fsp3) is 0.263. The highest BCUT2D eigenvalue weighted by Gasteiger charge is 2.37. The van der Waals surface area contributed by atoms with E-state index in [9.17, 15) is 9.59 Å². The van der Waals surface area contributed by atoms with Gasteiger partial charge in [0.1, 0.15) is 11.9 Å². The van der Waals surface area contributed by atoms with Crippen LogP contribution in [-0.2, 0) is 20.7 Å². The Bertz CT molecular complexity index is 708. The highest BCUT2D eigenvalue weighted by atomic mass is 16.6. The minimum Gasteiger partial charge on any atom is -0.497 e. The quantitative estimate of drug-likeness (QED) is 0.791. The zero-order valence-corrected chi connectivity index (χ0v) is 13.3. The lowest BCUT2D eigenvalue weighted by molar-refractivity contribution is -0.147. The number of cyclic esters (lactones) is 1. The van der Waals surface area contributed by atoms with Gasteiger partial charge in [-0.05, 0) is 29.8 Å². The molecule has 2 aromatic carbocycles. The third-order valence-electron chi connectivity index (χ3n) is 3.90. The summed E-state index contributed by atoms with van der Waals surface area (Å²) in [6, 6.07) is 16.3. The van der Waals surface area contributed by atoms with Gasteiger partial charge in [0.25, 0.3) is 0 Å². The molecule has 0 aromatic heterocycles. The average Bonchev–Trinajstić information content (AvgIpc) is 2.95. The van der Waals surface area contributed by atoms with Gasteiger partial charge in [-0.3, -0.25) is 0 Å². The van der Waals surface area contributed by atoms with Crippen LogP contribution in [0, 0.1) is 0 Å². The van der Waals surface area contributed by atoms with Gasteiger partial charge in [-0.2, -0.15) is 0 Å². The second-order valence-corrected chi connectivity index (χ2v) is 5.61. The summed E-state index contributed by atoms with van der Waals surface area (Å²) in [6.07, 6.45) is -0.138. The molecule has 5 nitrogen and oxygen atoms in total. The fourth-order valence-corrected chi connectivity index (χ4v) is 2.65. The van der Waals surface area contributed by atoms with Crippen LogP contribution < -0.4 is 4.74 Å². The van der Waals surface area contributed by atoms with Crippen molar-refractivity contribution in [3.63, 3.8) is 0 Å². The first-order valence-electron chi connectivity index (χ1n) is 7.75. The van der Waals surface area contributed by atoms with Crippen molar-refractivity contribution in [1.29, 1.82) is 0 Å². The lowest BCUT2D eigenvalue weighted by Gasteiger charge is -2.09. The SMILES string of the molecule is COc1ccc(C(=O)O[C@@H]2C[C@@H](Cc3ccccc3)OC2=O)cc1. The molecule has 0 aliphatic carbocycles. The van der Waals surface area contributed by atoms with Crippen molar-refractivity contribution >= 4 is 11.9 Å². The van der Waals surface area contributed by atoms with E-state index in [0.717, 1.165) is 5.56 Å². The van der Waals surface area contributed by atoms with Gasteiger partial charge in [0.05, 0.1) is 12.7 Å². The molecule has 2 aromatic rings. The first kappa shape index (κ1) is 16.1. The van der Waals surface area contributed by atoms with Gasteiger partial charge < -0.3 is 14.2 Å². The molecule has 0 spiro atoms. The van der Waals surface area contributed by atoms with Crippen molar-refractivity contribution in [3.05, 3.63) is 65.7 Å². The number of rotatable bonds is 5. The molecule has 1 aliphatic rings. The van der Waals surface area contributed by atoms with Gasteiger partial charge in [-0.15, -0.1) is 0 Å². The lowest BCUT2D eigenvalue weighted by Crippen LogP contribution is -2.22. The van der Waals surface area contributed by atoms with E-state index in [1.165, 1.54) is 0 Å². The maximum Gasteiger partial charge on any atom is 0.347 e. The zero-order valence-electron chi connectivity index (χ0n) is 13.3. The van der Waals surface area contributed by atoms with E-state index < -0.39 is 18.0 Å². The van der Waals surface area contributed by atoms with Crippen LogP contribution in [0.3, 0.4) is 0 Å². The van der Waals surface area contributed by atoms with Crippen molar-refractivity contribution in [2.24, 2.45) is 0 Å². The number of methoxy groups -OCH3 is 1. The molecule has 0 amide bonds. The minimum atomic E-state index is -0.853. The third-order valence-corrected chi connectivity index (χ3v) is 3.90. The second-order valence-electron chi connectivity index (χ2n) is 5.61. The highest BCUT2D eigenvalue weighted by Crippen LogP contribution is 2.23. The Hall–Kier alpha value is -2.82. The van der Waals surface area contributed by atoms with E-state index in [1.54, 1.807) is 31.4 Å². The van der Waals surface area contributed by atoms with Gasteiger partial charge in [0.15, 0.2) is 0 Å². The van der Waals surface area contributed by atoms with Crippen LogP contribution in [0.15, 0.2) is 54.6 Å². The largest absolute Gasteiger partial charge is 0.497 e. The topological polar surface area (TPSA) is 61.8 Å². The molecule has 0 radical (unpaired) electrons. The summed E-state index contributed by atoms with van der Waals surface area (Å²) in [7, 11) is 1.55. The number of carbonyl (C=O) groups excluding carboxylic acids is 2. The zero-order chi connectivity index (χ0) is 16.9. The van der Waals surface area contributed by atoms with E-state index in [1.807, 2.05) is 30.3 Å². The Balaban J connectivity index is 1.58. The number of hydrogen-bond acceptors (Lipinski definition) is 5. The van der Waals surface area contributed by atoms with Crippen molar-refractivity contribution in [3.8, 4) is 5.75 Å². The van der Waals surface area contributed by atoms with Crippen LogP contribution in [-0.4, -0.2) is 31.3 Å². The summed E-state index contributed by atoms with van der Waals surface area (Å²) in [5.41, 5.74) is 1.45. The molecule has 2 atom stereocenters. The maximum atomic E-state index is 12.1. The lowest BCUT2D eigenvalue weighted by atomic mass is 10.1. The minimum absolute atomic E-state index is 0.270. The summed E-state index contributed by atoms with van der Waals surface area (Å²) in [5.74, 6) is -0.382. The predicted octanol–water partition coefficient (Wildman–Crippen LogP) is 2.78. The smallest absolute Gasteiger partial charge is 0.347 e. The Morgan fingerprint density at radius 2 is 1.83 bits per heavy atom. The van der Waals surface area contributed by atoms with Crippen molar-refractivity contribution in [2.75, 3.05) is 7.11 Å². The molecule has 0 bridgehead atoms. The number of ether oxygens (including phenoxy) is 3. The molecule has 1 aliphatic heterocycles. The monoisotopic (exact) mass is 326 g/mol. The second kappa shape index (κ2) is 7.17. The predicted molar refractivity (Wildman–Crippen MR) is 86.8 cm³/mol. The molecule has 0 N–H and O–H groups in total. The van der Waals surface area contributed by atoms with Crippen molar-refractivity contribution in [1.82, 2.24) is 0 Å². The summed E-state index contributed by atoms with van der Waals surface area (Å²) in [5, 5.41) is 0. The van der Waals surface area contributed by atoms with Gasteiger partial charge in [-0.1, -0.05) is 30.3 Å². The van der Waals surface area contributed by atoms with Gasteiger partial charge in [0.2, 0.25) is 6.10 Å². The molecule has 0 saturated carbocycles. The van der Waals surface area contributed by atoms with Gasteiger partial charge >= 0.3 is 11.9 Å². The molecule has 1 saturated heterocycles. The number of hydrogen-bond donors (Lipinski definition) is 0. The molecule has 3 rings (SSSR count). The van der Waals surface area contributed by atoms with Gasteiger partial charge in [-0.25, -0.2) is 9.59 Å².